The molecule has 0 saturated carbocycles. The number of hydrogen-bond donors (Lipinski definition) is 2. The summed E-state index contributed by atoms with van der Waals surface area (Å²) in [6, 6.07) is 0. The number of carboxylic acids is 1. The van der Waals surface area contributed by atoms with Crippen LogP contribution in [0.3, 0.4) is 0 Å². The van der Waals surface area contributed by atoms with Crippen molar-refractivity contribution in [3.8, 4) is 0 Å². The maximum atomic E-state index is 11.7. The maximum absolute atomic E-state index is 11.7. The Hall–Kier alpha value is -0.640. The van der Waals surface area contributed by atoms with Crippen molar-refractivity contribution in [1.29, 1.82) is 0 Å². The molecule has 0 aliphatic heterocycles. The highest BCUT2D eigenvalue weighted by molar-refractivity contribution is 5.78. The van der Waals surface area contributed by atoms with Crippen LogP contribution in [0.2, 0.25) is 0 Å². The van der Waals surface area contributed by atoms with Crippen LogP contribution < -0.4 is 5.32 Å². The number of hydrogen-bond acceptors (Lipinski definition) is 2. The van der Waals surface area contributed by atoms with Gasteiger partial charge in [0.2, 0.25) is 0 Å². The van der Waals surface area contributed by atoms with E-state index < -0.39 is 18.2 Å². The number of alkyl halides is 1. The zero-order valence-electron chi connectivity index (χ0n) is 7.56. The normalized spacial score (nSPS) is 15.6. The summed E-state index contributed by atoms with van der Waals surface area (Å²) in [4.78, 5) is 10.7. The van der Waals surface area contributed by atoms with Crippen molar-refractivity contribution in [3.63, 3.8) is 0 Å². The van der Waals surface area contributed by atoms with Gasteiger partial charge in [-0.05, 0) is 26.3 Å². The van der Waals surface area contributed by atoms with Gasteiger partial charge in [0.25, 0.3) is 0 Å². The Bertz CT molecular complexity index is 152. The molecule has 0 saturated heterocycles. The number of carbonyl (C=O) groups is 1. The molecule has 0 spiro atoms. The fraction of sp³-hybridized carbons (Fsp3) is 0.875. The van der Waals surface area contributed by atoms with Crippen LogP contribution >= 0.6 is 0 Å². The van der Waals surface area contributed by atoms with E-state index in [1.165, 1.54) is 0 Å². The summed E-state index contributed by atoms with van der Waals surface area (Å²) in [5, 5.41) is 11.6. The Morgan fingerprint density at radius 2 is 2.25 bits per heavy atom. The summed E-state index contributed by atoms with van der Waals surface area (Å²) in [6.07, 6.45) is 0.859. The van der Waals surface area contributed by atoms with E-state index in [2.05, 4.69) is 5.32 Å². The molecule has 0 radical (unpaired) electrons. The van der Waals surface area contributed by atoms with Crippen molar-refractivity contribution in [2.24, 2.45) is 0 Å². The molecule has 1 atom stereocenters. The van der Waals surface area contributed by atoms with E-state index >= 15 is 0 Å². The Morgan fingerprint density at radius 3 is 2.58 bits per heavy atom. The molecule has 0 aromatic rings. The van der Waals surface area contributed by atoms with Crippen LogP contribution in [0.15, 0.2) is 0 Å². The predicted octanol–water partition coefficient (Wildman–Crippen LogP) is 1.19. The number of halogens is 1. The van der Waals surface area contributed by atoms with Gasteiger partial charge < -0.3 is 10.4 Å². The average Bonchev–Trinajstić information content (AvgIpc) is 2.04. The van der Waals surface area contributed by atoms with E-state index in [-0.39, 0.29) is 0 Å². The minimum atomic E-state index is -0.908. The smallest absolute Gasteiger partial charge is 0.323 e. The van der Waals surface area contributed by atoms with E-state index in [1.807, 2.05) is 0 Å². The van der Waals surface area contributed by atoms with Gasteiger partial charge in [0.1, 0.15) is 5.54 Å². The first-order valence-corrected chi connectivity index (χ1v) is 4.11. The summed E-state index contributed by atoms with van der Waals surface area (Å²) < 4.78 is 11.7. The van der Waals surface area contributed by atoms with Crippen LogP contribution in [0.25, 0.3) is 0 Å². The molecule has 1 unspecified atom stereocenters. The molecule has 0 heterocycles. The van der Waals surface area contributed by atoms with Crippen molar-refractivity contribution >= 4 is 5.97 Å². The van der Waals surface area contributed by atoms with E-state index in [0.29, 0.717) is 19.4 Å². The fourth-order valence-electron chi connectivity index (χ4n) is 0.783. The van der Waals surface area contributed by atoms with Crippen LogP contribution in [0.1, 0.15) is 26.7 Å². The number of nitrogens with one attached hydrogen (secondary N) is 1. The van der Waals surface area contributed by atoms with Crippen molar-refractivity contribution in [1.82, 2.24) is 5.32 Å². The third-order valence-electron chi connectivity index (χ3n) is 2.00. The predicted molar refractivity (Wildman–Crippen MR) is 44.9 cm³/mol. The molecule has 0 aromatic heterocycles. The second-order valence-corrected chi connectivity index (χ2v) is 2.96. The van der Waals surface area contributed by atoms with Crippen LogP contribution in [0.5, 0.6) is 0 Å². The number of carboxylic acid groups (broad SMARTS) is 1. The summed E-state index contributed by atoms with van der Waals surface area (Å²) in [5.74, 6) is -0.885. The largest absolute Gasteiger partial charge is 0.480 e. The molecule has 2 N–H and O–H groups in total. The van der Waals surface area contributed by atoms with Gasteiger partial charge in [-0.15, -0.1) is 0 Å². The van der Waals surface area contributed by atoms with Gasteiger partial charge in [-0.3, -0.25) is 9.18 Å². The molecule has 72 valence electrons. The van der Waals surface area contributed by atoms with Gasteiger partial charge >= 0.3 is 5.97 Å². The molecule has 0 fully saturated rings. The van der Waals surface area contributed by atoms with Crippen molar-refractivity contribution in [2.75, 3.05) is 13.2 Å². The monoisotopic (exact) mass is 177 g/mol. The van der Waals surface area contributed by atoms with Gasteiger partial charge in [-0.25, -0.2) is 0 Å². The Balaban J connectivity index is 3.88. The van der Waals surface area contributed by atoms with Crippen molar-refractivity contribution < 1.29 is 14.3 Å². The first kappa shape index (κ1) is 11.4. The fourth-order valence-corrected chi connectivity index (χ4v) is 0.783. The molecule has 12 heavy (non-hydrogen) atoms. The molecule has 4 heteroatoms. The average molecular weight is 177 g/mol. The third-order valence-corrected chi connectivity index (χ3v) is 2.00. The zero-order valence-corrected chi connectivity index (χ0v) is 7.56. The van der Waals surface area contributed by atoms with E-state index in [0.717, 1.165) is 0 Å². The highest BCUT2D eigenvalue weighted by Gasteiger charge is 2.29. The van der Waals surface area contributed by atoms with Gasteiger partial charge in [0.15, 0.2) is 0 Å². The lowest BCUT2D eigenvalue weighted by atomic mass is 9.99. The molecular formula is C8H16FNO2. The summed E-state index contributed by atoms with van der Waals surface area (Å²) in [5.41, 5.74) is -0.908. The van der Waals surface area contributed by atoms with Crippen molar-refractivity contribution in [2.45, 2.75) is 32.2 Å². The van der Waals surface area contributed by atoms with Crippen LogP contribution in [0.4, 0.5) is 4.39 Å². The first-order chi connectivity index (χ1) is 5.56. The summed E-state index contributed by atoms with van der Waals surface area (Å²) in [7, 11) is 0. The van der Waals surface area contributed by atoms with E-state index in [4.69, 9.17) is 5.11 Å². The Morgan fingerprint density at radius 1 is 1.67 bits per heavy atom. The number of rotatable bonds is 6. The second kappa shape index (κ2) is 5.09. The van der Waals surface area contributed by atoms with E-state index in [1.54, 1.807) is 13.8 Å². The highest BCUT2D eigenvalue weighted by atomic mass is 19.1. The Kier molecular flexibility index (Phi) is 4.81. The van der Waals surface area contributed by atoms with Crippen LogP contribution in [-0.4, -0.2) is 29.8 Å². The topological polar surface area (TPSA) is 49.3 Å². The molecular weight excluding hydrogens is 161 g/mol. The van der Waals surface area contributed by atoms with Gasteiger partial charge in [-0.1, -0.05) is 6.92 Å². The zero-order chi connectivity index (χ0) is 9.61. The minimum absolute atomic E-state index is 0.364. The molecule has 0 bridgehead atoms. The molecule has 0 rings (SSSR count). The quantitative estimate of drug-likeness (QED) is 0.599. The minimum Gasteiger partial charge on any atom is -0.480 e. The lowest BCUT2D eigenvalue weighted by Crippen LogP contribution is -2.49. The van der Waals surface area contributed by atoms with Gasteiger partial charge in [-0.2, -0.15) is 0 Å². The standard InChI is InChI=1S/C8H16FNO2/c1-3-8(2,7(11)12)10-6-4-5-9/h10H,3-6H2,1-2H3,(H,11,12). The molecule has 0 aliphatic carbocycles. The summed E-state index contributed by atoms with van der Waals surface area (Å²) in [6.45, 7) is 3.39. The van der Waals surface area contributed by atoms with Crippen LogP contribution in [-0.2, 0) is 4.79 Å². The second-order valence-electron chi connectivity index (χ2n) is 2.96. The van der Waals surface area contributed by atoms with Crippen LogP contribution in [0, 0.1) is 0 Å². The Labute approximate surface area is 72.0 Å². The van der Waals surface area contributed by atoms with E-state index in [9.17, 15) is 9.18 Å². The molecule has 0 amide bonds. The maximum Gasteiger partial charge on any atom is 0.323 e. The first-order valence-electron chi connectivity index (χ1n) is 4.11. The lowest BCUT2D eigenvalue weighted by molar-refractivity contribution is -0.144. The molecule has 3 nitrogen and oxygen atoms in total. The van der Waals surface area contributed by atoms with Gasteiger partial charge in [0, 0.05) is 0 Å². The lowest BCUT2D eigenvalue weighted by Gasteiger charge is -2.24. The third kappa shape index (κ3) is 3.17. The molecule has 0 aromatic carbocycles. The summed E-state index contributed by atoms with van der Waals surface area (Å²) >= 11 is 0. The van der Waals surface area contributed by atoms with Gasteiger partial charge in [0.05, 0.1) is 6.67 Å². The SMILES string of the molecule is CCC(C)(NCCCF)C(=O)O. The molecule has 0 aliphatic rings. The highest BCUT2D eigenvalue weighted by Crippen LogP contribution is 2.08. The number of aliphatic carboxylic acids is 1. The van der Waals surface area contributed by atoms with Crippen molar-refractivity contribution in [3.05, 3.63) is 0 Å².